The van der Waals surface area contributed by atoms with E-state index in [1.54, 1.807) is 16.7 Å². The fourth-order valence-electron chi connectivity index (χ4n) is 4.30. The van der Waals surface area contributed by atoms with Gasteiger partial charge in [0.05, 0.1) is 17.6 Å². The van der Waals surface area contributed by atoms with Crippen LogP contribution >= 0.6 is 0 Å². The lowest BCUT2D eigenvalue weighted by atomic mass is 10.1. The average molecular weight is 466 g/mol. The minimum atomic E-state index is -0.773. The smallest absolute Gasteiger partial charge is 0.344 e. The molecule has 1 aromatic heterocycles. The van der Waals surface area contributed by atoms with Gasteiger partial charge in [0.2, 0.25) is 5.43 Å². The summed E-state index contributed by atoms with van der Waals surface area (Å²) in [7, 11) is 3.21. The molecule has 0 saturated carbocycles. The van der Waals surface area contributed by atoms with Crippen LogP contribution in [-0.2, 0) is 16.2 Å². The predicted octanol–water partition coefficient (Wildman–Crippen LogP) is 2.63. The van der Waals surface area contributed by atoms with Crippen molar-refractivity contribution in [1.82, 2.24) is 4.68 Å². The first-order valence-corrected chi connectivity index (χ1v) is 10.8. The van der Waals surface area contributed by atoms with Gasteiger partial charge in [-0.05, 0) is 11.6 Å². The molecule has 10 heteroatoms. The number of carbonyl (C=O) groups is 1. The van der Waals surface area contributed by atoms with Crippen molar-refractivity contribution < 1.29 is 23.5 Å². The van der Waals surface area contributed by atoms with Crippen LogP contribution in [0.5, 0.6) is 5.75 Å². The zero-order valence-corrected chi connectivity index (χ0v) is 18.8. The molecule has 0 amide bonds. The van der Waals surface area contributed by atoms with Crippen molar-refractivity contribution in [3.8, 4) is 5.75 Å². The van der Waals surface area contributed by atoms with Gasteiger partial charge in [-0.1, -0.05) is 35.5 Å². The largest absolute Gasteiger partial charge is 0.467 e. The molecule has 3 heterocycles. The Morgan fingerprint density at radius 2 is 2.06 bits per heavy atom. The highest BCUT2D eigenvalue weighted by atomic mass is 19.1. The Hall–Kier alpha value is -4.08. The molecule has 0 atom stereocenters. The van der Waals surface area contributed by atoms with E-state index in [1.165, 1.54) is 13.3 Å². The van der Waals surface area contributed by atoms with Crippen LogP contribution in [0, 0.1) is 5.82 Å². The number of anilines is 1. The van der Waals surface area contributed by atoms with Gasteiger partial charge in [-0.3, -0.25) is 14.5 Å². The second-order valence-electron chi connectivity index (χ2n) is 8.15. The van der Waals surface area contributed by atoms with Gasteiger partial charge in [-0.15, -0.1) is 0 Å². The van der Waals surface area contributed by atoms with E-state index in [9.17, 15) is 9.59 Å². The summed E-state index contributed by atoms with van der Waals surface area (Å²) in [6.45, 7) is 1.04. The molecule has 0 unspecified atom stereocenters. The summed E-state index contributed by atoms with van der Waals surface area (Å²) in [5, 5.41) is 5.70. The molecular formula is C24H23FN4O5. The maximum Gasteiger partial charge on any atom is 0.344 e. The number of ether oxygens (including phenoxy) is 2. The summed E-state index contributed by atoms with van der Waals surface area (Å²) in [4.78, 5) is 32.7. The van der Waals surface area contributed by atoms with Gasteiger partial charge in [-0.2, -0.15) is 0 Å². The highest BCUT2D eigenvalue weighted by Gasteiger charge is 2.32. The Bertz CT molecular complexity index is 1360. The summed E-state index contributed by atoms with van der Waals surface area (Å²) >= 11 is 0. The number of oxime groups is 1. The van der Waals surface area contributed by atoms with Crippen LogP contribution in [0.1, 0.15) is 22.3 Å². The normalized spacial score (nSPS) is 16.1. The van der Waals surface area contributed by atoms with E-state index in [-0.39, 0.29) is 35.7 Å². The van der Waals surface area contributed by atoms with Crippen LogP contribution < -0.4 is 20.1 Å². The van der Waals surface area contributed by atoms with Crippen molar-refractivity contribution in [2.24, 2.45) is 5.16 Å². The van der Waals surface area contributed by atoms with E-state index in [0.29, 0.717) is 25.0 Å². The molecule has 1 saturated heterocycles. The minimum Gasteiger partial charge on any atom is -0.467 e. The Balaban J connectivity index is 1.58. The number of aromatic nitrogens is 1. The minimum absolute atomic E-state index is 0.0228. The van der Waals surface area contributed by atoms with E-state index in [4.69, 9.17) is 14.3 Å². The first-order chi connectivity index (χ1) is 16.5. The molecule has 1 fully saturated rings. The van der Waals surface area contributed by atoms with Gasteiger partial charge in [0.15, 0.2) is 18.3 Å². The van der Waals surface area contributed by atoms with Gasteiger partial charge >= 0.3 is 5.97 Å². The lowest BCUT2D eigenvalue weighted by molar-refractivity contribution is 0.0470. The number of carbonyl (C=O) groups excluding carboxylic acids is 1. The van der Waals surface area contributed by atoms with Crippen molar-refractivity contribution in [3.63, 3.8) is 0 Å². The summed E-state index contributed by atoms with van der Waals surface area (Å²) in [5.74, 6) is -1.12. The van der Waals surface area contributed by atoms with Gasteiger partial charge in [0.25, 0.3) is 0 Å². The maximum atomic E-state index is 15.4. The van der Waals surface area contributed by atoms with Crippen molar-refractivity contribution in [2.75, 3.05) is 43.9 Å². The Morgan fingerprint density at radius 1 is 1.26 bits per heavy atom. The zero-order chi connectivity index (χ0) is 23.8. The number of nitrogens with zero attached hydrogens (tertiary/aromatic N) is 4. The lowest BCUT2D eigenvalue weighted by Gasteiger charge is -2.33. The quantitative estimate of drug-likeness (QED) is 0.422. The topological polar surface area (TPSA) is 85.6 Å². The second kappa shape index (κ2) is 8.69. The summed E-state index contributed by atoms with van der Waals surface area (Å²) in [6, 6.07) is 10.3. The SMILES string of the molecule is CO/N=C1\CCN(c2c(F)cc3c(=O)c(C(=O)OCc4ccccc4)cn4c3c2OCN4C)C1. The van der Waals surface area contributed by atoms with E-state index in [0.717, 1.165) is 17.3 Å². The average Bonchev–Trinajstić information content (AvgIpc) is 3.29. The van der Waals surface area contributed by atoms with Crippen molar-refractivity contribution in [3.05, 3.63) is 69.8 Å². The van der Waals surface area contributed by atoms with E-state index in [2.05, 4.69) is 5.16 Å². The number of benzene rings is 2. The molecule has 0 bridgehead atoms. The Morgan fingerprint density at radius 3 is 2.82 bits per heavy atom. The van der Waals surface area contributed by atoms with Crippen LogP contribution in [0.25, 0.3) is 10.9 Å². The monoisotopic (exact) mass is 466 g/mol. The van der Waals surface area contributed by atoms with Crippen LogP contribution in [0.3, 0.4) is 0 Å². The molecule has 0 spiro atoms. The molecule has 0 radical (unpaired) electrons. The van der Waals surface area contributed by atoms with Gasteiger partial charge in [0.1, 0.15) is 30.5 Å². The molecule has 176 valence electrons. The number of hydrogen-bond acceptors (Lipinski definition) is 8. The number of rotatable bonds is 5. The Labute approximate surface area is 194 Å². The van der Waals surface area contributed by atoms with Crippen LogP contribution in [0.15, 0.2) is 52.5 Å². The molecule has 0 aliphatic carbocycles. The lowest BCUT2D eigenvalue weighted by Crippen LogP contribution is -2.40. The molecule has 0 N–H and O–H groups in total. The maximum absolute atomic E-state index is 15.4. The summed E-state index contributed by atoms with van der Waals surface area (Å²) in [6.07, 6.45) is 2.05. The first kappa shape index (κ1) is 21.7. The van der Waals surface area contributed by atoms with Gasteiger partial charge in [0, 0.05) is 26.2 Å². The van der Waals surface area contributed by atoms with Crippen molar-refractivity contribution in [2.45, 2.75) is 13.0 Å². The third-order valence-corrected chi connectivity index (χ3v) is 5.93. The van der Waals surface area contributed by atoms with Crippen molar-refractivity contribution >= 4 is 28.3 Å². The highest BCUT2D eigenvalue weighted by molar-refractivity contribution is 5.99. The van der Waals surface area contributed by atoms with Crippen LogP contribution in [0.2, 0.25) is 0 Å². The number of hydrogen-bond donors (Lipinski definition) is 0. The van der Waals surface area contributed by atoms with Crippen LogP contribution in [0.4, 0.5) is 10.1 Å². The van der Waals surface area contributed by atoms with Gasteiger partial charge in [-0.25, -0.2) is 9.18 Å². The highest BCUT2D eigenvalue weighted by Crippen LogP contribution is 2.40. The third-order valence-electron chi connectivity index (χ3n) is 5.93. The Kier molecular flexibility index (Phi) is 5.56. The standard InChI is InChI=1S/C24H23FN4O5/c1-27-14-34-23-20-17(10-19(25)21(23)28-9-8-16(11-28)26-32-2)22(30)18(12-29(20)27)24(31)33-13-15-6-4-3-5-7-15/h3-7,10,12H,8-9,11,13-14H2,1-2H3/b26-16+. The zero-order valence-electron chi connectivity index (χ0n) is 18.8. The number of esters is 1. The second-order valence-corrected chi connectivity index (χ2v) is 8.15. The fraction of sp³-hybridized carbons (Fsp3) is 0.292. The number of halogens is 1. The predicted molar refractivity (Wildman–Crippen MR) is 125 cm³/mol. The molecule has 2 aliphatic rings. The number of pyridine rings is 1. The van der Waals surface area contributed by atoms with E-state index >= 15 is 4.39 Å². The van der Waals surface area contributed by atoms with Gasteiger partial charge < -0.3 is 19.2 Å². The molecule has 2 aliphatic heterocycles. The van der Waals surface area contributed by atoms with Crippen LogP contribution in [-0.4, -0.2) is 50.3 Å². The summed E-state index contributed by atoms with van der Waals surface area (Å²) in [5.41, 5.74) is 1.45. The van der Waals surface area contributed by atoms with E-state index < -0.39 is 17.2 Å². The molecule has 5 rings (SSSR count). The molecule has 2 aromatic carbocycles. The first-order valence-electron chi connectivity index (χ1n) is 10.8. The molecule has 34 heavy (non-hydrogen) atoms. The van der Waals surface area contributed by atoms with E-state index in [1.807, 2.05) is 35.2 Å². The molecule has 3 aromatic rings. The summed E-state index contributed by atoms with van der Waals surface area (Å²) < 4.78 is 28.3. The fourth-order valence-corrected chi connectivity index (χ4v) is 4.30. The molecular weight excluding hydrogens is 443 g/mol. The third kappa shape index (κ3) is 3.70. The molecule has 9 nitrogen and oxygen atoms in total. The van der Waals surface area contributed by atoms with Crippen molar-refractivity contribution in [1.29, 1.82) is 0 Å².